The molecule has 2 atom stereocenters. The molecule has 0 bridgehead atoms. The van der Waals surface area contributed by atoms with E-state index in [4.69, 9.17) is 16.3 Å². The van der Waals surface area contributed by atoms with Gasteiger partial charge in [0.2, 0.25) is 0 Å². The van der Waals surface area contributed by atoms with Crippen molar-refractivity contribution in [2.75, 3.05) is 0 Å². The highest BCUT2D eigenvalue weighted by molar-refractivity contribution is 6.31. The first-order chi connectivity index (χ1) is 16.6. The van der Waals surface area contributed by atoms with Gasteiger partial charge in [-0.3, -0.25) is 0 Å². The second kappa shape index (κ2) is 10.0. The first-order valence-electron chi connectivity index (χ1n) is 11.0. The second-order valence-electron chi connectivity index (χ2n) is 8.35. The van der Waals surface area contributed by atoms with Crippen molar-refractivity contribution in [3.63, 3.8) is 0 Å². The zero-order valence-corrected chi connectivity index (χ0v) is 20.3. The maximum absolute atomic E-state index is 14.2. The fourth-order valence-electron chi connectivity index (χ4n) is 3.86. The normalized spacial score (nSPS) is 13.0. The van der Waals surface area contributed by atoms with Gasteiger partial charge in [-0.1, -0.05) is 30.3 Å². The van der Waals surface area contributed by atoms with Crippen LogP contribution in [-0.4, -0.2) is 26.0 Å². The minimum absolute atomic E-state index is 0.0437. The van der Waals surface area contributed by atoms with E-state index >= 15 is 0 Å². The van der Waals surface area contributed by atoms with Gasteiger partial charge in [-0.25, -0.2) is 18.4 Å². The lowest BCUT2D eigenvalue weighted by Crippen LogP contribution is -2.25. The van der Waals surface area contributed by atoms with E-state index in [0.29, 0.717) is 39.5 Å². The number of fused-ring (bicyclic) bond motifs is 1. The van der Waals surface area contributed by atoms with Gasteiger partial charge in [-0.05, 0) is 50.6 Å². The summed E-state index contributed by atoms with van der Waals surface area (Å²) >= 11 is 6.41. The van der Waals surface area contributed by atoms with Gasteiger partial charge in [0.15, 0.2) is 5.82 Å². The number of aliphatic hydroxyl groups excluding tert-OH is 1. The van der Waals surface area contributed by atoms with E-state index in [0.717, 1.165) is 11.6 Å². The SMILES string of the molecule is C=C(N[C@@H](C)c1cc(F)cc(Cl)c1COc1cccc2c(-n3cc(F)cn3)cc(C)nc12)[C@H](C)O. The molecule has 2 heterocycles. The molecular weight excluding hydrogens is 474 g/mol. The van der Waals surface area contributed by atoms with Gasteiger partial charge in [0.25, 0.3) is 0 Å². The van der Waals surface area contributed by atoms with E-state index in [-0.39, 0.29) is 11.6 Å². The summed E-state index contributed by atoms with van der Waals surface area (Å²) in [6.45, 7) is 9.09. The highest BCUT2D eigenvalue weighted by Gasteiger charge is 2.19. The van der Waals surface area contributed by atoms with E-state index in [9.17, 15) is 13.9 Å². The summed E-state index contributed by atoms with van der Waals surface area (Å²) in [6.07, 6.45) is 1.66. The average Bonchev–Trinajstić information content (AvgIpc) is 3.23. The van der Waals surface area contributed by atoms with E-state index < -0.39 is 23.8 Å². The molecule has 0 aliphatic heterocycles. The van der Waals surface area contributed by atoms with Crippen LogP contribution in [0.25, 0.3) is 16.6 Å². The zero-order chi connectivity index (χ0) is 25.3. The van der Waals surface area contributed by atoms with Gasteiger partial charge >= 0.3 is 0 Å². The van der Waals surface area contributed by atoms with Crippen LogP contribution < -0.4 is 10.1 Å². The number of pyridine rings is 1. The summed E-state index contributed by atoms with van der Waals surface area (Å²) in [4.78, 5) is 4.63. The first-order valence-corrected chi connectivity index (χ1v) is 11.4. The van der Waals surface area contributed by atoms with Gasteiger partial charge in [0, 0.05) is 28.4 Å². The van der Waals surface area contributed by atoms with Crippen molar-refractivity contribution in [2.45, 2.75) is 39.5 Å². The summed E-state index contributed by atoms with van der Waals surface area (Å²) in [7, 11) is 0. The van der Waals surface area contributed by atoms with Crippen molar-refractivity contribution in [3.05, 3.63) is 94.5 Å². The number of halogens is 3. The van der Waals surface area contributed by atoms with Crippen LogP contribution in [0.4, 0.5) is 8.78 Å². The number of hydrogen-bond acceptors (Lipinski definition) is 5. The molecule has 4 aromatic rings. The Hall–Kier alpha value is -3.49. The number of rotatable bonds is 8. The fourth-order valence-corrected chi connectivity index (χ4v) is 4.12. The predicted octanol–water partition coefficient (Wildman–Crippen LogP) is 5.78. The van der Waals surface area contributed by atoms with Gasteiger partial charge in [-0.2, -0.15) is 5.10 Å². The molecule has 0 aliphatic carbocycles. The average molecular weight is 499 g/mol. The largest absolute Gasteiger partial charge is 0.487 e. The molecule has 0 spiro atoms. The van der Waals surface area contributed by atoms with Crippen molar-refractivity contribution in [3.8, 4) is 11.4 Å². The molecule has 0 radical (unpaired) electrons. The quantitative estimate of drug-likeness (QED) is 0.322. The van der Waals surface area contributed by atoms with Crippen molar-refractivity contribution in [1.29, 1.82) is 0 Å². The number of benzene rings is 2. The lowest BCUT2D eigenvalue weighted by molar-refractivity contribution is 0.220. The molecule has 0 saturated heterocycles. The number of hydrogen-bond donors (Lipinski definition) is 2. The topological polar surface area (TPSA) is 72.2 Å². The number of nitrogens with zero attached hydrogens (tertiary/aromatic N) is 3. The molecule has 35 heavy (non-hydrogen) atoms. The number of para-hydroxylation sites is 1. The number of aryl methyl sites for hydroxylation is 1. The minimum atomic E-state index is -0.774. The van der Waals surface area contributed by atoms with Crippen molar-refractivity contribution in [2.24, 2.45) is 0 Å². The Morgan fingerprint density at radius 3 is 2.69 bits per heavy atom. The van der Waals surface area contributed by atoms with Gasteiger partial charge < -0.3 is 15.2 Å². The fraction of sp³-hybridized carbons (Fsp3) is 0.231. The molecule has 0 unspecified atom stereocenters. The smallest absolute Gasteiger partial charge is 0.161 e. The van der Waals surface area contributed by atoms with E-state index in [1.807, 2.05) is 32.0 Å². The molecule has 2 aromatic carbocycles. The monoisotopic (exact) mass is 498 g/mol. The highest BCUT2D eigenvalue weighted by Crippen LogP contribution is 2.32. The molecule has 0 saturated carbocycles. The zero-order valence-electron chi connectivity index (χ0n) is 19.5. The molecule has 0 fully saturated rings. The molecule has 0 amide bonds. The van der Waals surface area contributed by atoms with E-state index in [1.54, 1.807) is 13.0 Å². The number of ether oxygens (including phenoxy) is 1. The lowest BCUT2D eigenvalue weighted by atomic mass is 10.0. The van der Waals surface area contributed by atoms with Crippen LogP contribution in [0.5, 0.6) is 5.75 Å². The van der Waals surface area contributed by atoms with Crippen LogP contribution in [0, 0.1) is 18.6 Å². The number of aliphatic hydroxyl groups is 1. The van der Waals surface area contributed by atoms with Crippen LogP contribution >= 0.6 is 11.6 Å². The Labute approximate surface area is 206 Å². The third-order valence-corrected chi connectivity index (χ3v) is 5.98. The van der Waals surface area contributed by atoms with Crippen molar-refractivity contribution >= 4 is 22.5 Å². The summed E-state index contributed by atoms with van der Waals surface area (Å²) < 4.78 is 35.4. The first kappa shape index (κ1) is 24.6. The molecule has 0 aliphatic rings. The van der Waals surface area contributed by atoms with Crippen LogP contribution in [0.3, 0.4) is 0 Å². The minimum Gasteiger partial charge on any atom is -0.487 e. The molecule has 4 rings (SSSR count). The van der Waals surface area contributed by atoms with Gasteiger partial charge in [-0.15, -0.1) is 0 Å². The maximum Gasteiger partial charge on any atom is 0.161 e. The molecular formula is C26H25ClF2N4O2. The van der Waals surface area contributed by atoms with Crippen molar-refractivity contribution < 1.29 is 18.6 Å². The van der Waals surface area contributed by atoms with Crippen LogP contribution in [0.1, 0.15) is 36.7 Å². The van der Waals surface area contributed by atoms with E-state index in [2.05, 4.69) is 22.0 Å². The molecule has 2 N–H and O–H groups in total. The molecule has 9 heteroatoms. The number of aromatic nitrogens is 3. The Morgan fingerprint density at radius 2 is 2.00 bits per heavy atom. The number of nitrogens with one attached hydrogen (secondary N) is 1. The van der Waals surface area contributed by atoms with Gasteiger partial charge in [0.1, 0.15) is 23.7 Å². The van der Waals surface area contributed by atoms with Gasteiger partial charge in [0.05, 0.1) is 29.2 Å². The Bertz CT molecular complexity index is 1400. The lowest BCUT2D eigenvalue weighted by Gasteiger charge is -2.23. The summed E-state index contributed by atoms with van der Waals surface area (Å²) in [5, 5.41) is 17.8. The summed E-state index contributed by atoms with van der Waals surface area (Å²) in [5.41, 5.74) is 3.51. The predicted molar refractivity (Wildman–Crippen MR) is 132 cm³/mol. The third-order valence-electron chi connectivity index (χ3n) is 5.65. The summed E-state index contributed by atoms with van der Waals surface area (Å²) in [5.74, 6) is -0.441. The Balaban J connectivity index is 1.70. The molecule has 182 valence electrons. The molecule has 2 aromatic heterocycles. The maximum atomic E-state index is 14.2. The highest BCUT2D eigenvalue weighted by atomic mass is 35.5. The van der Waals surface area contributed by atoms with Crippen LogP contribution in [0.2, 0.25) is 5.02 Å². The Morgan fingerprint density at radius 1 is 1.23 bits per heavy atom. The Kier molecular flexibility index (Phi) is 7.05. The van der Waals surface area contributed by atoms with Crippen LogP contribution in [0.15, 0.2) is 61.1 Å². The standard InChI is InChI=1S/C26H25ClF2N4O2/c1-14-8-24(33-12-19(29)11-30-33)20-6-5-7-25(26(20)31-14)35-13-22-21(9-18(28)10-23(22)27)16(3)32-15(2)17(4)34/h5-12,16-17,32,34H,2,13H2,1,3-4H3/t16-,17-/m0/s1. The second-order valence-corrected chi connectivity index (χ2v) is 8.76. The van der Waals surface area contributed by atoms with E-state index in [1.165, 1.54) is 23.0 Å². The van der Waals surface area contributed by atoms with Crippen LogP contribution in [-0.2, 0) is 6.61 Å². The third kappa shape index (κ3) is 5.28. The molecule has 6 nitrogen and oxygen atoms in total. The van der Waals surface area contributed by atoms with Crippen molar-refractivity contribution in [1.82, 2.24) is 20.1 Å². The summed E-state index contributed by atoms with van der Waals surface area (Å²) in [6, 6.07) is 9.48.